The summed E-state index contributed by atoms with van der Waals surface area (Å²) < 4.78 is 0. The fourth-order valence-corrected chi connectivity index (χ4v) is 3.11. The van der Waals surface area contributed by atoms with Crippen LogP contribution in [0.25, 0.3) is 10.9 Å². The molecule has 1 atom stereocenters. The van der Waals surface area contributed by atoms with Crippen molar-refractivity contribution in [3.05, 3.63) is 42.1 Å². The minimum atomic E-state index is 0.273. The lowest BCUT2D eigenvalue weighted by molar-refractivity contribution is 0.118. The predicted octanol–water partition coefficient (Wildman–Crippen LogP) is 2.97. The molecule has 2 heterocycles. The molecule has 0 aliphatic carbocycles. The van der Waals surface area contributed by atoms with Gasteiger partial charge in [0.1, 0.15) is 0 Å². The van der Waals surface area contributed by atoms with Crippen molar-refractivity contribution >= 4 is 10.9 Å². The summed E-state index contributed by atoms with van der Waals surface area (Å²) in [4.78, 5) is 6.80. The molecule has 2 aromatic rings. The second-order valence-corrected chi connectivity index (χ2v) is 5.69. The van der Waals surface area contributed by atoms with Crippen LogP contribution >= 0.6 is 0 Å². The Balaban J connectivity index is 1.80. The Morgan fingerprint density at radius 3 is 3.05 bits per heavy atom. The Bertz CT molecular complexity index is 570. The Labute approximate surface area is 120 Å². The summed E-state index contributed by atoms with van der Waals surface area (Å²) in [6, 6.07) is 10.9. The Hall–Kier alpha value is -1.45. The fraction of sp³-hybridized carbons (Fsp3) is 0.471. The summed E-state index contributed by atoms with van der Waals surface area (Å²) in [6.07, 6.45) is 6.72. The van der Waals surface area contributed by atoms with Gasteiger partial charge in [0, 0.05) is 24.2 Å². The molecule has 1 saturated heterocycles. The number of pyridine rings is 1. The molecular formula is C17H22N2O. The molecule has 3 nitrogen and oxygen atoms in total. The molecule has 0 saturated carbocycles. The number of benzene rings is 1. The number of aromatic nitrogens is 1. The summed E-state index contributed by atoms with van der Waals surface area (Å²) in [6.45, 7) is 2.29. The molecule has 0 amide bonds. The van der Waals surface area contributed by atoms with Gasteiger partial charge in [-0.1, -0.05) is 25.0 Å². The molecule has 106 valence electrons. The van der Waals surface area contributed by atoms with Gasteiger partial charge in [0.15, 0.2) is 0 Å². The van der Waals surface area contributed by atoms with E-state index in [1.807, 2.05) is 12.3 Å². The van der Waals surface area contributed by atoms with E-state index in [0.29, 0.717) is 6.04 Å². The zero-order chi connectivity index (χ0) is 13.8. The Morgan fingerprint density at radius 1 is 1.20 bits per heavy atom. The van der Waals surface area contributed by atoms with E-state index in [4.69, 9.17) is 0 Å². The highest BCUT2D eigenvalue weighted by molar-refractivity contribution is 5.78. The van der Waals surface area contributed by atoms with Crippen molar-refractivity contribution < 1.29 is 5.11 Å². The van der Waals surface area contributed by atoms with E-state index < -0.39 is 0 Å². The van der Waals surface area contributed by atoms with E-state index in [9.17, 15) is 5.11 Å². The first-order chi connectivity index (χ1) is 9.86. The first kappa shape index (κ1) is 13.5. The normalized spacial score (nSPS) is 20.9. The molecule has 1 aromatic heterocycles. The molecule has 1 N–H and O–H groups in total. The molecule has 20 heavy (non-hydrogen) atoms. The van der Waals surface area contributed by atoms with Crippen LogP contribution in [0.4, 0.5) is 0 Å². The fourth-order valence-electron chi connectivity index (χ4n) is 3.11. The van der Waals surface area contributed by atoms with E-state index in [1.54, 1.807) is 0 Å². The predicted molar refractivity (Wildman–Crippen MR) is 81.5 cm³/mol. The Morgan fingerprint density at radius 2 is 2.15 bits per heavy atom. The maximum Gasteiger partial charge on any atom is 0.0702 e. The molecule has 0 spiro atoms. The molecule has 1 aliphatic rings. The van der Waals surface area contributed by atoms with E-state index in [-0.39, 0.29) is 6.61 Å². The van der Waals surface area contributed by atoms with Gasteiger partial charge >= 0.3 is 0 Å². The van der Waals surface area contributed by atoms with Crippen LogP contribution in [0, 0.1) is 0 Å². The summed E-state index contributed by atoms with van der Waals surface area (Å²) >= 11 is 0. The van der Waals surface area contributed by atoms with Crippen LogP contribution in [0.2, 0.25) is 0 Å². The molecular weight excluding hydrogens is 248 g/mol. The minimum absolute atomic E-state index is 0.273. The molecule has 0 radical (unpaired) electrons. The molecule has 1 aromatic carbocycles. The average molecular weight is 270 g/mol. The molecule has 3 heteroatoms. The monoisotopic (exact) mass is 270 g/mol. The number of hydrogen-bond donors (Lipinski definition) is 1. The van der Waals surface area contributed by atoms with Gasteiger partial charge in [-0.15, -0.1) is 0 Å². The number of aliphatic hydroxyl groups excluding tert-OH is 1. The third kappa shape index (κ3) is 3.00. The highest BCUT2D eigenvalue weighted by atomic mass is 16.3. The van der Waals surface area contributed by atoms with Crippen molar-refractivity contribution in [2.75, 3.05) is 13.2 Å². The smallest absolute Gasteiger partial charge is 0.0702 e. The van der Waals surface area contributed by atoms with Crippen LogP contribution in [0.5, 0.6) is 0 Å². The molecule has 1 fully saturated rings. The number of hydrogen-bond acceptors (Lipinski definition) is 3. The van der Waals surface area contributed by atoms with Crippen LogP contribution in [0.1, 0.15) is 31.2 Å². The van der Waals surface area contributed by atoms with Crippen molar-refractivity contribution in [3.8, 4) is 0 Å². The van der Waals surface area contributed by atoms with Gasteiger partial charge in [-0.2, -0.15) is 0 Å². The second kappa shape index (κ2) is 6.33. The van der Waals surface area contributed by atoms with Crippen LogP contribution in [0.3, 0.4) is 0 Å². The SMILES string of the molecule is OCC1CCCCCN1Cc1ccc2ncccc2c1. The number of rotatable bonds is 3. The average Bonchev–Trinajstić information content (AvgIpc) is 2.72. The van der Waals surface area contributed by atoms with Gasteiger partial charge in [0.05, 0.1) is 12.1 Å². The van der Waals surface area contributed by atoms with Crippen LogP contribution < -0.4 is 0 Å². The van der Waals surface area contributed by atoms with Gasteiger partial charge in [0.25, 0.3) is 0 Å². The topological polar surface area (TPSA) is 36.4 Å². The third-order valence-electron chi connectivity index (χ3n) is 4.26. The third-order valence-corrected chi connectivity index (χ3v) is 4.26. The summed E-state index contributed by atoms with van der Waals surface area (Å²) in [5.41, 5.74) is 2.36. The zero-order valence-electron chi connectivity index (χ0n) is 11.8. The van der Waals surface area contributed by atoms with Crippen molar-refractivity contribution in [2.24, 2.45) is 0 Å². The van der Waals surface area contributed by atoms with Gasteiger partial charge in [-0.25, -0.2) is 0 Å². The van der Waals surface area contributed by atoms with E-state index in [0.717, 1.165) is 25.0 Å². The van der Waals surface area contributed by atoms with Crippen molar-refractivity contribution in [1.29, 1.82) is 0 Å². The van der Waals surface area contributed by atoms with Crippen LogP contribution in [0.15, 0.2) is 36.5 Å². The highest BCUT2D eigenvalue weighted by Gasteiger charge is 2.20. The number of nitrogens with zero attached hydrogens (tertiary/aromatic N) is 2. The second-order valence-electron chi connectivity index (χ2n) is 5.69. The van der Waals surface area contributed by atoms with Gasteiger partial charge in [-0.3, -0.25) is 9.88 Å². The highest BCUT2D eigenvalue weighted by Crippen LogP contribution is 2.21. The summed E-state index contributed by atoms with van der Waals surface area (Å²) in [7, 11) is 0. The van der Waals surface area contributed by atoms with E-state index in [2.05, 4.69) is 34.1 Å². The first-order valence-corrected chi connectivity index (χ1v) is 7.55. The lowest BCUT2D eigenvalue weighted by Crippen LogP contribution is -2.36. The van der Waals surface area contributed by atoms with E-state index >= 15 is 0 Å². The van der Waals surface area contributed by atoms with Crippen molar-refractivity contribution in [2.45, 2.75) is 38.3 Å². The lowest BCUT2D eigenvalue weighted by atomic mass is 10.1. The summed E-state index contributed by atoms with van der Waals surface area (Å²) in [5.74, 6) is 0. The first-order valence-electron chi connectivity index (χ1n) is 7.55. The number of likely N-dealkylation sites (tertiary alicyclic amines) is 1. The quantitative estimate of drug-likeness (QED) is 0.931. The summed E-state index contributed by atoms with van der Waals surface area (Å²) in [5, 5.41) is 10.8. The standard InChI is InChI=1S/C17H22N2O/c20-13-16-6-2-1-3-10-19(16)12-14-7-8-17-15(11-14)5-4-9-18-17/h4-5,7-9,11,16,20H,1-3,6,10,12-13H2. The number of fused-ring (bicyclic) bond motifs is 1. The zero-order valence-corrected chi connectivity index (χ0v) is 11.8. The molecule has 0 bridgehead atoms. The van der Waals surface area contributed by atoms with E-state index in [1.165, 1.54) is 30.2 Å². The lowest BCUT2D eigenvalue weighted by Gasteiger charge is -2.28. The van der Waals surface area contributed by atoms with Gasteiger partial charge in [0.2, 0.25) is 0 Å². The maximum atomic E-state index is 9.58. The largest absolute Gasteiger partial charge is 0.395 e. The molecule has 1 aliphatic heterocycles. The van der Waals surface area contributed by atoms with Crippen molar-refractivity contribution in [1.82, 2.24) is 9.88 Å². The minimum Gasteiger partial charge on any atom is -0.395 e. The van der Waals surface area contributed by atoms with Gasteiger partial charge in [-0.05, 0) is 43.1 Å². The van der Waals surface area contributed by atoms with Gasteiger partial charge < -0.3 is 5.11 Å². The molecule has 3 rings (SSSR count). The van der Waals surface area contributed by atoms with Crippen LogP contribution in [-0.2, 0) is 6.54 Å². The van der Waals surface area contributed by atoms with Crippen LogP contribution in [-0.4, -0.2) is 34.2 Å². The maximum absolute atomic E-state index is 9.58. The molecule has 1 unspecified atom stereocenters. The van der Waals surface area contributed by atoms with Crippen molar-refractivity contribution in [3.63, 3.8) is 0 Å². The Kier molecular flexibility index (Phi) is 4.28. The number of aliphatic hydroxyl groups is 1.